The largest absolute Gasteiger partial charge is 0.390 e. The van der Waals surface area contributed by atoms with Crippen LogP contribution >= 0.6 is 0 Å². The minimum atomic E-state index is -3.44. The van der Waals surface area contributed by atoms with Crippen LogP contribution in [0.1, 0.15) is 19.8 Å². The van der Waals surface area contributed by atoms with Crippen molar-refractivity contribution >= 4 is 10.2 Å². The van der Waals surface area contributed by atoms with E-state index in [-0.39, 0.29) is 6.04 Å². The van der Waals surface area contributed by atoms with Crippen molar-refractivity contribution in [2.24, 2.45) is 5.92 Å². The molecule has 0 saturated carbocycles. The normalized spacial score (nSPS) is 32.2. The second kappa shape index (κ2) is 5.42. The van der Waals surface area contributed by atoms with Crippen molar-refractivity contribution in [3.05, 3.63) is 0 Å². The fraction of sp³-hybridized carbons (Fsp3) is 1.00. The topological polar surface area (TPSA) is 72.9 Å². The van der Waals surface area contributed by atoms with Crippen LogP contribution in [0.15, 0.2) is 0 Å². The summed E-state index contributed by atoms with van der Waals surface area (Å²) in [7, 11) is -1.87. The molecule has 0 aromatic carbocycles. The number of aliphatic hydroxyl groups is 1. The first-order chi connectivity index (χ1) is 8.43. The number of hydrogen-bond acceptors (Lipinski definition) is 4. The molecule has 0 unspecified atom stereocenters. The third-order valence-electron chi connectivity index (χ3n) is 4.05. The zero-order valence-corrected chi connectivity index (χ0v) is 11.9. The smallest absolute Gasteiger partial charge is 0.282 e. The van der Waals surface area contributed by atoms with E-state index in [2.05, 4.69) is 12.2 Å². The number of aliphatic hydroxyl groups excluding tert-OH is 1. The van der Waals surface area contributed by atoms with Crippen molar-refractivity contribution in [2.45, 2.75) is 31.9 Å². The molecule has 2 aliphatic heterocycles. The molecular formula is C11H23N3O3S. The number of nitrogens with one attached hydrogen (secondary N) is 1. The van der Waals surface area contributed by atoms with Gasteiger partial charge in [0.2, 0.25) is 0 Å². The van der Waals surface area contributed by atoms with Crippen LogP contribution < -0.4 is 5.32 Å². The molecule has 2 aliphatic rings. The van der Waals surface area contributed by atoms with Gasteiger partial charge in [0, 0.05) is 33.2 Å². The van der Waals surface area contributed by atoms with Gasteiger partial charge in [0.15, 0.2) is 0 Å². The average molecular weight is 277 g/mol. The molecule has 2 N–H and O–H groups in total. The number of β-amino-alcohol motifs (C(OH)–C–C–N with tert-alkyl or cyclic N) is 1. The van der Waals surface area contributed by atoms with E-state index in [1.165, 1.54) is 8.61 Å². The van der Waals surface area contributed by atoms with Gasteiger partial charge < -0.3 is 10.4 Å². The van der Waals surface area contributed by atoms with E-state index < -0.39 is 16.3 Å². The summed E-state index contributed by atoms with van der Waals surface area (Å²) in [5, 5.41) is 12.8. The molecule has 2 fully saturated rings. The van der Waals surface area contributed by atoms with Crippen LogP contribution in [0.25, 0.3) is 0 Å². The summed E-state index contributed by atoms with van der Waals surface area (Å²) in [5.41, 5.74) is 0. The Morgan fingerprint density at radius 1 is 1.28 bits per heavy atom. The van der Waals surface area contributed by atoms with Gasteiger partial charge in [-0.15, -0.1) is 0 Å². The first kappa shape index (κ1) is 14.2. The summed E-state index contributed by atoms with van der Waals surface area (Å²) in [5.74, 6) is 0.598. The van der Waals surface area contributed by atoms with Gasteiger partial charge in [-0.05, 0) is 18.8 Å². The van der Waals surface area contributed by atoms with E-state index in [4.69, 9.17) is 0 Å². The van der Waals surface area contributed by atoms with Crippen molar-refractivity contribution in [3.8, 4) is 0 Å². The van der Waals surface area contributed by atoms with E-state index in [0.717, 1.165) is 12.8 Å². The Balaban J connectivity index is 2.05. The lowest BCUT2D eigenvalue weighted by Crippen LogP contribution is -2.52. The van der Waals surface area contributed by atoms with E-state index in [0.29, 0.717) is 32.1 Å². The van der Waals surface area contributed by atoms with Crippen LogP contribution in [-0.4, -0.2) is 67.5 Å². The van der Waals surface area contributed by atoms with Crippen LogP contribution in [0.4, 0.5) is 0 Å². The van der Waals surface area contributed by atoms with Gasteiger partial charge in [-0.3, -0.25) is 0 Å². The molecule has 0 radical (unpaired) electrons. The molecule has 0 spiro atoms. The lowest BCUT2D eigenvalue weighted by Gasteiger charge is -2.35. The summed E-state index contributed by atoms with van der Waals surface area (Å²) in [6, 6.07) is -0.352. The highest BCUT2D eigenvalue weighted by atomic mass is 32.2. The van der Waals surface area contributed by atoms with Gasteiger partial charge in [0.25, 0.3) is 10.2 Å². The van der Waals surface area contributed by atoms with Gasteiger partial charge in [-0.1, -0.05) is 6.92 Å². The van der Waals surface area contributed by atoms with Gasteiger partial charge in [-0.2, -0.15) is 17.0 Å². The molecule has 2 atom stereocenters. The maximum atomic E-state index is 12.4. The molecule has 0 aromatic rings. The highest BCUT2D eigenvalue weighted by molar-refractivity contribution is 7.86. The summed E-state index contributed by atoms with van der Waals surface area (Å²) >= 11 is 0. The maximum Gasteiger partial charge on any atom is 0.282 e. The van der Waals surface area contributed by atoms with Gasteiger partial charge in [0.1, 0.15) is 0 Å². The van der Waals surface area contributed by atoms with E-state index in [1.807, 2.05) is 0 Å². The maximum absolute atomic E-state index is 12.4. The van der Waals surface area contributed by atoms with Crippen molar-refractivity contribution in [3.63, 3.8) is 0 Å². The van der Waals surface area contributed by atoms with Gasteiger partial charge in [-0.25, -0.2) is 0 Å². The first-order valence-electron chi connectivity index (χ1n) is 6.55. The van der Waals surface area contributed by atoms with Crippen LogP contribution in [0.5, 0.6) is 0 Å². The number of rotatable bonds is 3. The molecule has 0 aromatic heterocycles. The van der Waals surface area contributed by atoms with E-state index in [1.54, 1.807) is 7.05 Å². The molecule has 0 aliphatic carbocycles. The molecule has 2 rings (SSSR count). The first-order valence-corrected chi connectivity index (χ1v) is 7.94. The summed E-state index contributed by atoms with van der Waals surface area (Å²) in [6.45, 7) is 4.30. The minimum Gasteiger partial charge on any atom is -0.390 e. The molecule has 106 valence electrons. The van der Waals surface area contributed by atoms with Crippen LogP contribution in [0.2, 0.25) is 0 Å². The highest BCUT2D eigenvalue weighted by Gasteiger charge is 2.38. The molecule has 2 heterocycles. The minimum absolute atomic E-state index is 0.352. The van der Waals surface area contributed by atoms with Gasteiger partial charge in [0.05, 0.1) is 12.1 Å². The Morgan fingerprint density at radius 2 is 1.89 bits per heavy atom. The molecule has 0 bridgehead atoms. The Bertz CT molecular complexity index is 379. The second-order valence-corrected chi connectivity index (χ2v) is 7.39. The summed E-state index contributed by atoms with van der Waals surface area (Å²) in [4.78, 5) is 0. The number of likely N-dealkylation sites (N-methyl/N-ethyl adjacent to an activating group) is 1. The third kappa shape index (κ3) is 2.70. The fourth-order valence-corrected chi connectivity index (χ4v) is 4.18. The molecule has 2 saturated heterocycles. The Morgan fingerprint density at radius 3 is 2.39 bits per heavy atom. The quantitative estimate of drug-likeness (QED) is 0.710. The monoisotopic (exact) mass is 277 g/mol. The Labute approximate surface area is 109 Å². The van der Waals surface area contributed by atoms with E-state index >= 15 is 0 Å². The third-order valence-corrected chi connectivity index (χ3v) is 6.07. The van der Waals surface area contributed by atoms with Crippen LogP contribution in [0, 0.1) is 5.92 Å². The summed E-state index contributed by atoms with van der Waals surface area (Å²) in [6.07, 6.45) is 1.21. The molecular weight excluding hydrogens is 254 g/mol. The standard InChI is InChI=1S/C11H23N3O3S/c1-9-3-5-14(6-4-9)18(16,17)13(2)10-7-12-8-11(10)15/h9-12,15H,3-8H2,1-2H3/t10-,11-/m0/s1. The van der Waals surface area contributed by atoms with Crippen molar-refractivity contribution in [1.29, 1.82) is 0 Å². The zero-order chi connectivity index (χ0) is 13.3. The van der Waals surface area contributed by atoms with Crippen molar-refractivity contribution in [2.75, 3.05) is 33.2 Å². The SMILES string of the molecule is CC1CCN(S(=O)(=O)N(C)[C@H]2CNC[C@@H]2O)CC1. The predicted molar refractivity (Wildman–Crippen MR) is 69.3 cm³/mol. The highest BCUT2D eigenvalue weighted by Crippen LogP contribution is 2.22. The van der Waals surface area contributed by atoms with Crippen molar-refractivity contribution in [1.82, 2.24) is 13.9 Å². The molecule has 0 amide bonds. The number of hydrogen-bond donors (Lipinski definition) is 2. The Hall–Kier alpha value is -0.210. The fourth-order valence-electron chi connectivity index (χ4n) is 2.59. The zero-order valence-electron chi connectivity index (χ0n) is 11.0. The molecule has 18 heavy (non-hydrogen) atoms. The number of nitrogens with zero attached hydrogens (tertiary/aromatic N) is 2. The van der Waals surface area contributed by atoms with Crippen LogP contribution in [0.3, 0.4) is 0 Å². The van der Waals surface area contributed by atoms with Gasteiger partial charge >= 0.3 is 0 Å². The summed E-state index contributed by atoms with van der Waals surface area (Å²) < 4.78 is 27.7. The lowest BCUT2D eigenvalue weighted by molar-refractivity contribution is 0.131. The number of piperidine rings is 1. The van der Waals surface area contributed by atoms with E-state index in [9.17, 15) is 13.5 Å². The van der Waals surface area contributed by atoms with Crippen molar-refractivity contribution < 1.29 is 13.5 Å². The second-order valence-electron chi connectivity index (χ2n) is 5.40. The molecule has 6 nitrogen and oxygen atoms in total. The lowest BCUT2D eigenvalue weighted by atomic mass is 10.0. The average Bonchev–Trinajstić information content (AvgIpc) is 2.75. The predicted octanol–water partition coefficient (Wildman–Crippen LogP) is -0.772. The Kier molecular flexibility index (Phi) is 4.28. The van der Waals surface area contributed by atoms with Crippen LogP contribution in [-0.2, 0) is 10.2 Å². The molecule has 7 heteroatoms.